The highest BCUT2D eigenvalue weighted by atomic mass is 32.2. The summed E-state index contributed by atoms with van der Waals surface area (Å²) in [5, 5.41) is 10.9. The van der Waals surface area contributed by atoms with Gasteiger partial charge in [-0.3, -0.25) is 0 Å². The first-order valence-corrected chi connectivity index (χ1v) is 9.61. The van der Waals surface area contributed by atoms with Crippen molar-refractivity contribution >= 4 is 10.0 Å². The van der Waals surface area contributed by atoms with E-state index in [9.17, 15) is 13.5 Å². The molecule has 2 aromatic carbocycles. The number of piperidine rings is 1. The van der Waals surface area contributed by atoms with Gasteiger partial charge in [0.1, 0.15) is 0 Å². The third-order valence-corrected chi connectivity index (χ3v) is 6.74. The lowest BCUT2D eigenvalue weighted by Crippen LogP contribution is -2.45. The van der Waals surface area contributed by atoms with E-state index in [0.29, 0.717) is 24.3 Å². The molecule has 1 N–H and O–H groups in total. The molecule has 0 radical (unpaired) electrons. The van der Waals surface area contributed by atoms with Gasteiger partial charge in [0.2, 0.25) is 16.8 Å². The van der Waals surface area contributed by atoms with Crippen molar-refractivity contribution in [2.45, 2.75) is 23.3 Å². The zero-order chi connectivity index (χ0) is 17.5. The monoisotopic (exact) mass is 361 g/mol. The number of ether oxygens (including phenoxy) is 2. The van der Waals surface area contributed by atoms with Gasteiger partial charge < -0.3 is 14.6 Å². The molecule has 25 heavy (non-hydrogen) atoms. The Kier molecular flexibility index (Phi) is 3.94. The SMILES string of the molecule is O=S(=O)(c1ccc2c(c1)OCO2)N1CCC(O)(c2ccccc2)CC1. The molecule has 0 bridgehead atoms. The number of fused-ring (bicyclic) bond motifs is 1. The van der Waals surface area contributed by atoms with Crippen molar-refractivity contribution in [2.24, 2.45) is 0 Å². The Morgan fingerprint density at radius 1 is 0.960 bits per heavy atom. The average Bonchev–Trinajstić information content (AvgIpc) is 3.10. The lowest BCUT2D eigenvalue weighted by molar-refractivity contribution is -0.00961. The van der Waals surface area contributed by atoms with Crippen LogP contribution in [0.4, 0.5) is 0 Å². The zero-order valence-electron chi connectivity index (χ0n) is 13.6. The van der Waals surface area contributed by atoms with Gasteiger partial charge in [0, 0.05) is 19.2 Å². The third kappa shape index (κ3) is 2.88. The molecule has 2 heterocycles. The minimum absolute atomic E-state index is 0.104. The van der Waals surface area contributed by atoms with Crippen LogP contribution in [0.2, 0.25) is 0 Å². The van der Waals surface area contributed by atoms with Crippen LogP contribution in [0, 0.1) is 0 Å². The van der Waals surface area contributed by atoms with Crippen molar-refractivity contribution in [2.75, 3.05) is 19.9 Å². The number of sulfonamides is 1. The maximum absolute atomic E-state index is 12.9. The molecule has 1 saturated heterocycles. The second-order valence-corrected chi connectivity index (χ2v) is 8.25. The first kappa shape index (κ1) is 16.4. The predicted molar refractivity (Wildman–Crippen MR) is 90.9 cm³/mol. The summed E-state index contributed by atoms with van der Waals surface area (Å²) in [5.74, 6) is 0.995. The summed E-state index contributed by atoms with van der Waals surface area (Å²) in [5.41, 5.74) is -0.155. The Balaban J connectivity index is 1.54. The van der Waals surface area contributed by atoms with Crippen LogP contribution in [0.5, 0.6) is 11.5 Å². The fourth-order valence-corrected chi connectivity index (χ4v) is 4.78. The van der Waals surface area contributed by atoms with E-state index in [0.717, 1.165) is 5.56 Å². The van der Waals surface area contributed by atoms with Crippen LogP contribution in [-0.2, 0) is 15.6 Å². The molecule has 2 aliphatic heterocycles. The minimum atomic E-state index is -3.63. The summed E-state index contributed by atoms with van der Waals surface area (Å²) in [6.07, 6.45) is 0.724. The van der Waals surface area contributed by atoms with Crippen molar-refractivity contribution in [1.82, 2.24) is 4.31 Å². The number of rotatable bonds is 3. The maximum Gasteiger partial charge on any atom is 0.243 e. The van der Waals surface area contributed by atoms with Gasteiger partial charge in [0.05, 0.1) is 10.5 Å². The number of benzene rings is 2. The van der Waals surface area contributed by atoms with E-state index in [1.165, 1.54) is 16.4 Å². The second-order valence-electron chi connectivity index (χ2n) is 6.32. The van der Waals surface area contributed by atoms with Crippen LogP contribution in [0.1, 0.15) is 18.4 Å². The molecule has 0 saturated carbocycles. The van der Waals surface area contributed by atoms with Gasteiger partial charge in [-0.25, -0.2) is 8.42 Å². The average molecular weight is 361 g/mol. The molecule has 2 aromatic rings. The van der Waals surface area contributed by atoms with Gasteiger partial charge in [0.15, 0.2) is 11.5 Å². The normalized spacial score (nSPS) is 19.7. The van der Waals surface area contributed by atoms with Gasteiger partial charge in [0.25, 0.3) is 0 Å². The molecular formula is C18H19NO5S. The van der Waals surface area contributed by atoms with Crippen molar-refractivity contribution < 1.29 is 23.0 Å². The van der Waals surface area contributed by atoms with E-state index in [2.05, 4.69) is 0 Å². The van der Waals surface area contributed by atoms with Gasteiger partial charge in [-0.15, -0.1) is 0 Å². The first-order chi connectivity index (χ1) is 12.0. The number of hydrogen-bond donors (Lipinski definition) is 1. The Morgan fingerprint density at radius 2 is 1.64 bits per heavy atom. The van der Waals surface area contributed by atoms with Crippen molar-refractivity contribution in [3.05, 3.63) is 54.1 Å². The molecular weight excluding hydrogens is 342 g/mol. The molecule has 0 spiro atoms. The maximum atomic E-state index is 12.9. The molecule has 0 aliphatic carbocycles. The lowest BCUT2D eigenvalue weighted by Gasteiger charge is -2.37. The van der Waals surface area contributed by atoms with E-state index >= 15 is 0 Å². The summed E-state index contributed by atoms with van der Waals surface area (Å²) in [7, 11) is -3.63. The van der Waals surface area contributed by atoms with Gasteiger partial charge >= 0.3 is 0 Å². The molecule has 2 aliphatic rings. The zero-order valence-corrected chi connectivity index (χ0v) is 14.4. The highest BCUT2D eigenvalue weighted by Gasteiger charge is 2.38. The van der Waals surface area contributed by atoms with E-state index < -0.39 is 15.6 Å². The second kappa shape index (κ2) is 6.01. The first-order valence-electron chi connectivity index (χ1n) is 8.17. The summed E-state index contributed by atoms with van der Waals surface area (Å²) < 4.78 is 37.7. The van der Waals surface area contributed by atoms with Crippen LogP contribution < -0.4 is 9.47 Å². The molecule has 6 nitrogen and oxygen atoms in total. The van der Waals surface area contributed by atoms with Crippen LogP contribution >= 0.6 is 0 Å². The molecule has 7 heteroatoms. The summed E-state index contributed by atoms with van der Waals surface area (Å²) >= 11 is 0. The van der Waals surface area contributed by atoms with E-state index in [4.69, 9.17) is 9.47 Å². The van der Waals surface area contributed by atoms with Crippen molar-refractivity contribution in [1.29, 1.82) is 0 Å². The molecule has 4 rings (SSSR count). The highest BCUT2D eigenvalue weighted by Crippen LogP contribution is 2.37. The van der Waals surface area contributed by atoms with E-state index in [1.54, 1.807) is 6.07 Å². The largest absolute Gasteiger partial charge is 0.454 e. The van der Waals surface area contributed by atoms with Crippen molar-refractivity contribution in [3.8, 4) is 11.5 Å². The molecule has 1 fully saturated rings. The van der Waals surface area contributed by atoms with Gasteiger partial charge in [-0.2, -0.15) is 4.31 Å². The number of hydrogen-bond acceptors (Lipinski definition) is 5. The van der Waals surface area contributed by atoms with Crippen LogP contribution in [-0.4, -0.2) is 37.7 Å². The van der Waals surface area contributed by atoms with Crippen molar-refractivity contribution in [3.63, 3.8) is 0 Å². The minimum Gasteiger partial charge on any atom is -0.454 e. The number of nitrogens with zero attached hydrogens (tertiary/aromatic N) is 1. The fraction of sp³-hybridized carbons (Fsp3) is 0.333. The van der Waals surface area contributed by atoms with E-state index in [1.807, 2.05) is 30.3 Å². The lowest BCUT2D eigenvalue weighted by atomic mass is 9.85. The summed E-state index contributed by atoms with van der Waals surface area (Å²) in [6, 6.07) is 14.0. The third-order valence-electron chi connectivity index (χ3n) is 4.84. The molecule has 0 atom stereocenters. The smallest absolute Gasteiger partial charge is 0.243 e. The van der Waals surface area contributed by atoms with Gasteiger partial charge in [-0.1, -0.05) is 30.3 Å². The standard InChI is InChI=1S/C18H19NO5S/c20-18(14-4-2-1-3-5-14)8-10-19(11-9-18)25(21,22)15-6-7-16-17(12-15)24-13-23-16/h1-7,12,20H,8-11,13H2. The Hall–Kier alpha value is -2.09. The quantitative estimate of drug-likeness (QED) is 0.906. The van der Waals surface area contributed by atoms with Crippen LogP contribution in [0.15, 0.2) is 53.4 Å². The molecule has 0 unspecified atom stereocenters. The van der Waals surface area contributed by atoms with Crippen LogP contribution in [0.3, 0.4) is 0 Å². The Bertz CT molecular complexity index is 874. The fourth-order valence-electron chi connectivity index (χ4n) is 3.32. The molecule has 0 amide bonds. The summed E-state index contributed by atoms with van der Waals surface area (Å²) in [4.78, 5) is 0.182. The molecule has 132 valence electrons. The van der Waals surface area contributed by atoms with E-state index in [-0.39, 0.29) is 24.8 Å². The Labute approximate surface area is 146 Å². The van der Waals surface area contributed by atoms with Crippen LogP contribution in [0.25, 0.3) is 0 Å². The van der Waals surface area contributed by atoms with Gasteiger partial charge in [-0.05, 0) is 30.5 Å². The highest BCUT2D eigenvalue weighted by molar-refractivity contribution is 7.89. The Morgan fingerprint density at radius 3 is 2.36 bits per heavy atom. The number of aliphatic hydroxyl groups is 1. The summed E-state index contributed by atoms with van der Waals surface area (Å²) in [6.45, 7) is 0.636. The predicted octanol–water partition coefficient (Wildman–Crippen LogP) is 2.09. The topological polar surface area (TPSA) is 76.1 Å². The molecule has 0 aromatic heterocycles.